The first-order valence-corrected chi connectivity index (χ1v) is 8.53. The predicted molar refractivity (Wildman–Crippen MR) is 89.8 cm³/mol. The summed E-state index contributed by atoms with van der Waals surface area (Å²) in [5.41, 5.74) is -0.0277. The molecule has 5 nitrogen and oxygen atoms in total. The second kappa shape index (κ2) is 7.93. The second-order valence-electron chi connectivity index (χ2n) is 6.07. The summed E-state index contributed by atoms with van der Waals surface area (Å²) < 4.78 is 5.63. The fourth-order valence-electron chi connectivity index (χ4n) is 2.87. The van der Waals surface area contributed by atoms with Crippen LogP contribution in [0.5, 0.6) is 0 Å². The van der Waals surface area contributed by atoms with Crippen LogP contribution in [0.3, 0.4) is 0 Å². The Morgan fingerprint density at radius 3 is 2.61 bits per heavy atom. The number of methoxy groups -OCH3 is 1. The van der Waals surface area contributed by atoms with Gasteiger partial charge in [0.15, 0.2) is 0 Å². The minimum absolute atomic E-state index is 0.125. The third kappa shape index (κ3) is 5.04. The highest BCUT2D eigenvalue weighted by molar-refractivity contribution is 9.10. The molecule has 0 unspecified atom stereocenters. The van der Waals surface area contributed by atoms with Gasteiger partial charge in [-0.15, -0.1) is 0 Å². The summed E-state index contributed by atoms with van der Waals surface area (Å²) in [7, 11) is 1.38. The van der Waals surface area contributed by atoms with Crippen LogP contribution < -0.4 is 5.32 Å². The Morgan fingerprint density at radius 1 is 1.35 bits per heavy atom. The van der Waals surface area contributed by atoms with E-state index in [0.29, 0.717) is 25.7 Å². The first-order chi connectivity index (χ1) is 10.9. The lowest BCUT2D eigenvalue weighted by Gasteiger charge is -2.35. The lowest BCUT2D eigenvalue weighted by molar-refractivity contribution is -0.148. The Labute approximate surface area is 144 Å². The van der Waals surface area contributed by atoms with Crippen LogP contribution in [0.25, 0.3) is 0 Å². The zero-order valence-electron chi connectivity index (χ0n) is 13.2. The maximum atomic E-state index is 12.1. The number of amides is 1. The van der Waals surface area contributed by atoms with Crippen LogP contribution in [-0.4, -0.2) is 36.2 Å². The first-order valence-electron chi connectivity index (χ1n) is 7.74. The summed E-state index contributed by atoms with van der Waals surface area (Å²) in [6.07, 6.45) is 2.42. The van der Waals surface area contributed by atoms with Crippen molar-refractivity contribution in [2.45, 2.75) is 37.7 Å². The molecule has 1 saturated carbocycles. The third-order valence-corrected chi connectivity index (χ3v) is 5.15. The van der Waals surface area contributed by atoms with Crippen LogP contribution in [0.1, 0.15) is 31.2 Å². The minimum atomic E-state index is -0.936. The van der Waals surface area contributed by atoms with Crippen molar-refractivity contribution in [1.82, 2.24) is 5.32 Å². The quantitative estimate of drug-likeness (QED) is 0.764. The molecule has 0 aromatic heterocycles. The molecular weight excluding hydrogens is 362 g/mol. The van der Waals surface area contributed by atoms with Crippen molar-refractivity contribution in [3.63, 3.8) is 0 Å². The van der Waals surface area contributed by atoms with Crippen LogP contribution >= 0.6 is 15.9 Å². The molecule has 0 heterocycles. The third-order valence-electron chi connectivity index (χ3n) is 4.37. The molecule has 0 aliphatic heterocycles. The highest BCUT2D eigenvalue weighted by Gasteiger charge is 2.36. The van der Waals surface area contributed by atoms with E-state index in [-0.39, 0.29) is 30.8 Å². The van der Waals surface area contributed by atoms with Crippen molar-refractivity contribution < 1.29 is 19.4 Å². The zero-order valence-corrected chi connectivity index (χ0v) is 14.8. The van der Waals surface area contributed by atoms with Crippen LogP contribution in [0.2, 0.25) is 0 Å². The molecule has 2 N–H and O–H groups in total. The van der Waals surface area contributed by atoms with Crippen molar-refractivity contribution in [3.8, 4) is 0 Å². The molecule has 126 valence electrons. The fourth-order valence-corrected chi connectivity index (χ4v) is 3.30. The number of ether oxygens (including phenoxy) is 1. The molecule has 0 spiro atoms. The molecular formula is C17H22BrNO4. The van der Waals surface area contributed by atoms with Gasteiger partial charge in [0.25, 0.3) is 0 Å². The monoisotopic (exact) mass is 383 g/mol. The Bertz CT molecular complexity index is 567. The standard InChI is InChI=1S/C17H22BrNO4/c1-23-16(21)12-6-8-17(22,9-7-12)11-19-15(20)10-13-4-2-3-5-14(13)18/h2-5,12,22H,6-11H2,1H3,(H,19,20). The molecule has 0 saturated heterocycles. The van der Waals surface area contributed by atoms with Gasteiger partial charge in [0.2, 0.25) is 5.91 Å². The van der Waals surface area contributed by atoms with Gasteiger partial charge in [0, 0.05) is 11.0 Å². The number of hydrogen-bond acceptors (Lipinski definition) is 4. The number of benzene rings is 1. The Hall–Kier alpha value is -1.40. The number of rotatable bonds is 5. The van der Waals surface area contributed by atoms with Gasteiger partial charge in [-0.1, -0.05) is 34.1 Å². The van der Waals surface area contributed by atoms with Gasteiger partial charge in [-0.05, 0) is 37.3 Å². The first kappa shape index (κ1) is 17.9. The van der Waals surface area contributed by atoms with Gasteiger partial charge in [-0.3, -0.25) is 9.59 Å². The molecule has 0 bridgehead atoms. The number of carbonyl (C=O) groups excluding carboxylic acids is 2. The van der Waals surface area contributed by atoms with E-state index < -0.39 is 5.60 Å². The molecule has 1 aromatic carbocycles. The number of hydrogen-bond donors (Lipinski definition) is 2. The molecule has 1 aliphatic rings. The van der Waals surface area contributed by atoms with Gasteiger partial charge in [-0.25, -0.2) is 0 Å². The van der Waals surface area contributed by atoms with E-state index in [0.717, 1.165) is 10.0 Å². The Morgan fingerprint density at radius 2 is 2.00 bits per heavy atom. The van der Waals surface area contributed by atoms with Crippen LogP contribution in [0, 0.1) is 5.92 Å². The van der Waals surface area contributed by atoms with Crippen LogP contribution in [-0.2, 0) is 20.7 Å². The van der Waals surface area contributed by atoms with Crippen molar-refractivity contribution in [3.05, 3.63) is 34.3 Å². The average Bonchev–Trinajstić information content (AvgIpc) is 2.55. The van der Waals surface area contributed by atoms with Crippen molar-refractivity contribution in [2.75, 3.05) is 13.7 Å². The van der Waals surface area contributed by atoms with Gasteiger partial charge >= 0.3 is 5.97 Å². The molecule has 6 heteroatoms. The second-order valence-corrected chi connectivity index (χ2v) is 6.92. The number of aliphatic hydroxyl groups is 1. The normalized spacial score (nSPS) is 24.0. The van der Waals surface area contributed by atoms with E-state index in [1.807, 2.05) is 24.3 Å². The van der Waals surface area contributed by atoms with Gasteiger partial charge < -0.3 is 15.2 Å². The van der Waals surface area contributed by atoms with Gasteiger partial charge in [-0.2, -0.15) is 0 Å². The van der Waals surface area contributed by atoms with Crippen molar-refractivity contribution >= 4 is 27.8 Å². The molecule has 1 aromatic rings. The fraction of sp³-hybridized carbons (Fsp3) is 0.529. The number of nitrogens with one attached hydrogen (secondary N) is 1. The Kier molecular flexibility index (Phi) is 6.18. The maximum absolute atomic E-state index is 12.1. The molecule has 0 atom stereocenters. The number of esters is 1. The van der Waals surface area contributed by atoms with E-state index in [2.05, 4.69) is 21.2 Å². The summed E-state index contributed by atoms with van der Waals surface area (Å²) in [5.74, 6) is -0.485. The number of carbonyl (C=O) groups is 2. The van der Waals surface area contributed by atoms with E-state index in [9.17, 15) is 14.7 Å². The summed E-state index contributed by atoms with van der Waals surface area (Å²) in [5, 5.41) is 13.3. The van der Waals surface area contributed by atoms with E-state index in [1.54, 1.807) is 0 Å². The Balaban J connectivity index is 1.80. The average molecular weight is 384 g/mol. The largest absolute Gasteiger partial charge is 0.469 e. The smallest absolute Gasteiger partial charge is 0.308 e. The van der Waals surface area contributed by atoms with E-state index >= 15 is 0 Å². The molecule has 0 radical (unpaired) electrons. The highest BCUT2D eigenvalue weighted by atomic mass is 79.9. The predicted octanol–water partition coefficient (Wildman–Crippen LogP) is 2.20. The van der Waals surface area contributed by atoms with Crippen LogP contribution in [0.15, 0.2) is 28.7 Å². The lowest BCUT2D eigenvalue weighted by atomic mass is 9.78. The van der Waals surface area contributed by atoms with E-state index in [1.165, 1.54) is 7.11 Å². The van der Waals surface area contributed by atoms with Gasteiger partial charge in [0.05, 0.1) is 25.0 Å². The highest BCUT2D eigenvalue weighted by Crippen LogP contribution is 2.32. The van der Waals surface area contributed by atoms with Crippen LogP contribution in [0.4, 0.5) is 0 Å². The molecule has 2 rings (SSSR count). The molecule has 1 fully saturated rings. The lowest BCUT2D eigenvalue weighted by Crippen LogP contribution is -2.46. The van der Waals surface area contributed by atoms with Crippen molar-refractivity contribution in [1.29, 1.82) is 0 Å². The summed E-state index contributed by atoms with van der Waals surface area (Å²) in [4.78, 5) is 23.6. The summed E-state index contributed by atoms with van der Waals surface area (Å²) in [6.45, 7) is 0.212. The zero-order chi connectivity index (χ0) is 16.9. The SMILES string of the molecule is COC(=O)C1CCC(O)(CNC(=O)Cc2ccccc2Br)CC1. The summed E-state index contributed by atoms with van der Waals surface area (Å²) >= 11 is 3.42. The molecule has 1 aliphatic carbocycles. The molecule has 1 amide bonds. The molecule has 23 heavy (non-hydrogen) atoms. The van der Waals surface area contributed by atoms with E-state index in [4.69, 9.17) is 4.74 Å². The minimum Gasteiger partial charge on any atom is -0.469 e. The number of halogens is 1. The topological polar surface area (TPSA) is 75.6 Å². The van der Waals surface area contributed by atoms with Gasteiger partial charge in [0.1, 0.15) is 0 Å². The summed E-state index contributed by atoms with van der Waals surface area (Å²) in [6, 6.07) is 7.56. The van der Waals surface area contributed by atoms with Crippen molar-refractivity contribution in [2.24, 2.45) is 5.92 Å². The maximum Gasteiger partial charge on any atom is 0.308 e.